The minimum Gasteiger partial charge on any atom is -0.354 e. The van der Waals surface area contributed by atoms with Crippen molar-refractivity contribution in [3.63, 3.8) is 0 Å². The number of rotatable bonds is 4. The molecule has 26 heavy (non-hydrogen) atoms. The summed E-state index contributed by atoms with van der Waals surface area (Å²) in [6, 6.07) is 7.42. The van der Waals surface area contributed by atoms with Crippen LogP contribution in [0.5, 0.6) is 0 Å². The SMILES string of the molecule is [C-]#[N+]c1ccc(-c2c(Cl)c(C)n(Cc3nc(C(=O)NC)cs3)c2C)cc1. The number of hydrogen-bond donors (Lipinski definition) is 1. The number of carbonyl (C=O) groups excluding carboxylic acids is 1. The van der Waals surface area contributed by atoms with Crippen molar-refractivity contribution < 1.29 is 4.79 Å². The molecule has 0 saturated carbocycles. The van der Waals surface area contributed by atoms with Crippen LogP contribution in [0.25, 0.3) is 16.0 Å². The van der Waals surface area contributed by atoms with Gasteiger partial charge in [-0.05, 0) is 19.4 Å². The van der Waals surface area contributed by atoms with Gasteiger partial charge in [0.15, 0.2) is 5.69 Å². The van der Waals surface area contributed by atoms with Gasteiger partial charge in [-0.15, -0.1) is 11.3 Å². The third kappa shape index (κ3) is 3.24. The summed E-state index contributed by atoms with van der Waals surface area (Å²) in [6.45, 7) is 11.6. The average Bonchev–Trinajstić information content (AvgIpc) is 3.21. The number of aromatic nitrogens is 2. The summed E-state index contributed by atoms with van der Waals surface area (Å²) < 4.78 is 2.10. The van der Waals surface area contributed by atoms with E-state index in [2.05, 4.69) is 19.7 Å². The van der Waals surface area contributed by atoms with Gasteiger partial charge in [-0.2, -0.15) is 0 Å². The monoisotopic (exact) mass is 384 g/mol. The highest BCUT2D eigenvalue weighted by molar-refractivity contribution is 7.09. The molecular weight excluding hydrogens is 368 g/mol. The molecule has 0 bridgehead atoms. The topological polar surface area (TPSA) is 51.3 Å². The molecule has 0 aliphatic rings. The maximum Gasteiger partial charge on any atom is 0.270 e. The highest BCUT2D eigenvalue weighted by Gasteiger charge is 2.19. The van der Waals surface area contributed by atoms with Crippen molar-refractivity contribution in [1.29, 1.82) is 0 Å². The first-order valence-electron chi connectivity index (χ1n) is 7.95. The van der Waals surface area contributed by atoms with Crippen LogP contribution in [-0.4, -0.2) is 22.5 Å². The fraction of sp³-hybridized carbons (Fsp3) is 0.211. The molecular formula is C19H17ClN4OS. The van der Waals surface area contributed by atoms with Gasteiger partial charge in [-0.25, -0.2) is 9.83 Å². The molecule has 0 atom stereocenters. The molecule has 1 amide bonds. The van der Waals surface area contributed by atoms with Gasteiger partial charge in [0.05, 0.1) is 18.1 Å². The third-order valence-corrected chi connectivity index (χ3v) is 5.59. The summed E-state index contributed by atoms with van der Waals surface area (Å²) >= 11 is 8.06. The molecule has 0 unspecified atom stereocenters. The molecule has 0 saturated heterocycles. The summed E-state index contributed by atoms with van der Waals surface area (Å²) in [5, 5.41) is 5.88. The number of carbonyl (C=O) groups is 1. The smallest absolute Gasteiger partial charge is 0.270 e. The van der Waals surface area contributed by atoms with Crippen molar-refractivity contribution in [2.24, 2.45) is 0 Å². The number of halogens is 1. The molecule has 1 N–H and O–H groups in total. The van der Waals surface area contributed by atoms with Crippen molar-refractivity contribution in [2.45, 2.75) is 20.4 Å². The van der Waals surface area contributed by atoms with Gasteiger partial charge >= 0.3 is 0 Å². The first-order chi connectivity index (χ1) is 12.5. The lowest BCUT2D eigenvalue weighted by Gasteiger charge is -2.08. The van der Waals surface area contributed by atoms with Crippen LogP contribution in [0, 0.1) is 20.4 Å². The maximum atomic E-state index is 11.7. The molecule has 0 aliphatic heterocycles. The zero-order valence-electron chi connectivity index (χ0n) is 14.6. The van der Waals surface area contributed by atoms with E-state index in [1.54, 1.807) is 24.6 Å². The fourth-order valence-electron chi connectivity index (χ4n) is 2.87. The number of thiazole rings is 1. The first kappa shape index (κ1) is 18.2. The Kier molecular flexibility index (Phi) is 5.12. The van der Waals surface area contributed by atoms with Gasteiger partial charge in [0.2, 0.25) is 0 Å². The van der Waals surface area contributed by atoms with E-state index in [9.17, 15) is 4.79 Å². The van der Waals surface area contributed by atoms with E-state index < -0.39 is 0 Å². The van der Waals surface area contributed by atoms with E-state index in [1.165, 1.54) is 11.3 Å². The van der Waals surface area contributed by atoms with Crippen molar-refractivity contribution >= 4 is 34.5 Å². The van der Waals surface area contributed by atoms with E-state index >= 15 is 0 Å². The van der Waals surface area contributed by atoms with Gasteiger partial charge in [-0.1, -0.05) is 35.9 Å². The molecule has 3 rings (SSSR count). The van der Waals surface area contributed by atoms with Crippen molar-refractivity contribution in [3.8, 4) is 11.1 Å². The highest BCUT2D eigenvalue weighted by Crippen LogP contribution is 2.37. The van der Waals surface area contributed by atoms with E-state index in [0.29, 0.717) is 22.9 Å². The Hall–Kier alpha value is -2.62. The second kappa shape index (κ2) is 7.32. The first-order valence-corrected chi connectivity index (χ1v) is 9.21. The summed E-state index contributed by atoms with van der Waals surface area (Å²) in [5.41, 5.74) is 4.94. The van der Waals surface area contributed by atoms with E-state index in [4.69, 9.17) is 18.2 Å². The second-order valence-corrected chi connectivity index (χ2v) is 7.13. The van der Waals surface area contributed by atoms with Gasteiger partial charge < -0.3 is 9.88 Å². The van der Waals surface area contributed by atoms with Crippen LogP contribution in [0.1, 0.15) is 26.9 Å². The lowest BCUT2D eigenvalue weighted by Crippen LogP contribution is -2.18. The van der Waals surface area contributed by atoms with Crippen LogP contribution in [0.3, 0.4) is 0 Å². The van der Waals surface area contributed by atoms with Crippen LogP contribution in [-0.2, 0) is 6.54 Å². The lowest BCUT2D eigenvalue weighted by molar-refractivity contribution is 0.0958. The maximum absolute atomic E-state index is 11.7. The molecule has 2 aromatic heterocycles. The predicted molar refractivity (Wildman–Crippen MR) is 105 cm³/mol. The third-order valence-electron chi connectivity index (χ3n) is 4.30. The molecule has 3 aromatic rings. The molecule has 0 aliphatic carbocycles. The zero-order valence-corrected chi connectivity index (χ0v) is 16.2. The Morgan fingerprint density at radius 1 is 1.31 bits per heavy atom. The van der Waals surface area contributed by atoms with Crippen molar-refractivity contribution in [1.82, 2.24) is 14.9 Å². The van der Waals surface area contributed by atoms with Crippen LogP contribution in [0.15, 0.2) is 29.6 Å². The summed E-state index contributed by atoms with van der Waals surface area (Å²) in [7, 11) is 1.59. The summed E-state index contributed by atoms with van der Waals surface area (Å²) in [6.07, 6.45) is 0. The molecule has 0 radical (unpaired) electrons. The zero-order chi connectivity index (χ0) is 18.8. The summed E-state index contributed by atoms with van der Waals surface area (Å²) in [4.78, 5) is 19.5. The number of nitrogens with one attached hydrogen (secondary N) is 1. The Morgan fingerprint density at radius 2 is 2.00 bits per heavy atom. The van der Waals surface area contributed by atoms with E-state index in [0.717, 1.165) is 27.5 Å². The van der Waals surface area contributed by atoms with Crippen LogP contribution in [0.2, 0.25) is 5.02 Å². The Morgan fingerprint density at radius 3 is 2.62 bits per heavy atom. The van der Waals surface area contributed by atoms with Crippen LogP contribution in [0.4, 0.5) is 5.69 Å². The van der Waals surface area contributed by atoms with Crippen molar-refractivity contribution in [3.05, 3.63) is 68.2 Å². The minimum absolute atomic E-state index is 0.188. The lowest BCUT2D eigenvalue weighted by atomic mass is 10.1. The highest BCUT2D eigenvalue weighted by atomic mass is 35.5. The van der Waals surface area contributed by atoms with Gasteiger partial charge in [0.1, 0.15) is 10.7 Å². The molecule has 1 aromatic carbocycles. The quantitative estimate of drug-likeness (QED) is 0.654. The van der Waals surface area contributed by atoms with Crippen molar-refractivity contribution in [2.75, 3.05) is 7.05 Å². The molecule has 0 spiro atoms. The number of benzene rings is 1. The molecule has 132 valence electrons. The Bertz CT molecular complexity index is 1010. The second-order valence-electron chi connectivity index (χ2n) is 5.81. The normalized spacial score (nSPS) is 10.6. The fourth-order valence-corrected chi connectivity index (χ4v) is 3.98. The van der Waals surface area contributed by atoms with Crippen LogP contribution >= 0.6 is 22.9 Å². The van der Waals surface area contributed by atoms with Gasteiger partial charge in [-0.3, -0.25) is 4.79 Å². The largest absolute Gasteiger partial charge is 0.354 e. The number of hydrogen-bond acceptors (Lipinski definition) is 3. The predicted octanol–water partition coefficient (Wildman–Crippen LogP) is 4.84. The molecule has 2 heterocycles. The standard InChI is InChI=1S/C19H17ClN4OS/c1-11-17(13-5-7-14(21-3)8-6-13)18(20)12(2)24(11)9-16-23-15(10-26-16)19(25)22-4/h5-8,10H,9H2,1-2,4H3,(H,22,25). The molecule has 5 nitrogen and oxygen atoms in total. The number of amides is 1. The molecule has 0 fully saturated rings. The van der Waals surface area contributed by atoms with E-state index in [-0.39, 0.29) is 5.91 Å². The van der Waals surface area contributed by atoms with Gasteiger partial charge in [0.25, 0.3) is 5.91 Å². The average molecular weight is 385 g/mol. The van der Waals surface area contributed by atoms with Crippen LogP contribution < -0.4 is 5.32 Å². The Balaban J connectivity index is 1.97. The van der Waals surface area contributed by atoms with Gasteiger partial charge in [0, 0.05) is 29.4 Å². The Labute approximate surface area is 161 Å². The van der Waals surface area contributed by atoms with E-state index in [1.807, 2.05) is 26.0 Å². The molecule has 7 heteroatoms. The minimum atomic E-state index is -0.188. The number of nitrogens with zero attached hydrogens (tertiary/aromatic N) is 3. The summed E-state index contributed by atoms with van der Waals surface area (Å²) in [5.74, 6) is -0.188.